The molecule has 2 unspecified atom stereocenters. The Hall–Kier alpha value is -0.820. The van der Waals surface area contributed by atoms with Crippen molar-refractivity contribution < 1.29 is 5.11 Å². The monoisotopic (exact) mass is 192 g/mol. The first-order valence-corrected chi connectivity index (χ1v) is 5.46. The Kier molecular flexibility index (Phi) is 4.68. The highest BCUT2D eigenvalue weighted by atomic mass is 16.3. The molecule has 0 spiro atoms. The highest BCUT2D eigenvalue weighted by Gasteiger charge is 2.11. The van der Waals surface area contributed by atoms with E-state index in [2.05, 4.69) is 26.0 Å². The van der Waals surface area contributed by atoms with E-state index in [4.69, 9.17) is 0 Å². The first-order chi connectivity index (χ1) is 6.74. The zero-order valence-corrected chi connectivity index (χ0v) is 9.11. The molecular formula is C13H20O. The molecular weight excluding hydrogens is 172 g/mol. The summed E-state index contributed by atoms with van der Waals surface area (Å²) >= 11 is 0. The van der Waals surface area contributed by atoms with Crippen LogP contribution in [-0.4, -0.2) is 11.2 Å². The summed E-state index contributed by atoms with van der Waals surface area (Å²) < 4.78 is 0. The van der Waals surface area contributed by atoms with E-state index >= 15 is 0 Å². The second-order valence-electron chi connectivity index (χ2n) is 3.98. The summed E-state index contributed by atoms with van der Waals surface area (Å²) in [4.78, 5) is 0. The molecule has 1 N–H and O–H groups in total. The van der Waals surface area contributed by atoms with Gasteiger partial charge in [0.1, 0.15) is 0 Å². The predicted octanol–water partition coefficient (Wildman–Crippen LogP) is 3.03. The van der Waals surface area contributed by atoms with Gasteiger partial charge in [0.2, 0.25) is 0 Å². The van der Waals surface area contributed by atoms with Crippen LogP contribution in [0.15, 0.2) is 30.3 Å². The van der Waals surface area contributed by atoms with E-state index in [9.17, 15) is 5.11 Å². The third kappa shape index (κ3) is 3.51. The fourth-order valence-corrected chi connectivity index (χ4v) is 1.52. The van der Waals surface area contributed by atoms with Crippen LogP contribution in [0.1, 0.15) is 32.3 Å². The molecule has 1 aromatic carbocycles. The van der Waals surface area contributed by atoms with Crippen LogP contribution in [0.4, 0.5) is 0 Å². The molecule has 0 bridgehead atoms. The van der Waals surface area contributed by atoms with Crippen molar-refractivity contribution in [2.24, 2.45) is 5.92 Å². The van der Waals surface area contributed by atoms with Crippen molar-refractivity contribution in [3.8, 4) is 0 Å². The van der Waals surface area contributed by atoms with Crippen molar-refractivity contribution in [2.45, 2.75) is 39.2 Å². The molecule has 0 radical (unpaired) electrons. The standard InChI is InChI=1S/C13H20O/c1-3-11(2)13(14)10-9-12-7-5-4-6-8-12/h4-8,11,13-14H,3,9-10H2,1-2H3. The molecule has 0 heterocycles. The second-order valence-corrected chi connectivity index (χ2v) is 3.98. The summed E-state index contributed by atoms with van der Waals surface area (Å²) in [5.74, 6) is 0.415. The lowest BCUT2D eigenvalue weighted by atomic mass is 9.96. The average Bonchev–Trinajstić information content (AvgIpc) is 2.26. The van der Waals surface area contributed by atoms with Gasteiger partial charge in [-0.2, -0.15) is 0 Å². The second kappa shape index (κ2) is 5.82. The highest BCUT2D eigenvalue weighted by Crippen LogP contribution is 2.13. The van der Waals surface area contributed by atoms with Gasteiger partial charge >= 0.3 is 0 Å². The van der Waals surface area contributed by atoms with Crippen LogP contribution in [-0.2, 0) is 6.42 Å². The van der Waals surface area contributed by atoms with Crippen LogP contribution >= 0.6 is 0 Å². The van der Waals surface area contributed by atoms with E-state index < -0.39 is 0 Å². The molecule has 0 aliphatic heterocycles. The Balaban J connectivity index is 2.34. The molecule has 78 valence electrons. The van der Waals surface area contributed by atoms with E-state index in [1.165, 1.54) is 5.56 Å². The summed E-state index contributed by atoms with van der Waals surface area (Å²) in [6.45, 7) is 4.23. The zero-order valence-electron chi connectivity index (χ0n) is 9.11. The number of aliphatic hydroxyl groups is 1. The van der Waals surface area contributed by atoms with Gasteiger partial charge in [-0.25, -0.2) is 0 Å². The fourth-order valence-electron chi connectivity index (χ4n) is 1.52. The summed E-state index contributed by atoms with van der Waals surface area (Å²) in [7, 11) is 0. The number of rotatable bonds is 5. The Morgan fingerprint density at radius 2 is 1.86 bits per heavy atom. The Bertz CT molecular complexity index is 243. The van der Waals surface area contributed by atoms with Gasteiger partial charge in [-0.1, -0.05) is 50.6 Å². The first kappa shape index (κ1) is 11.3. The van der Waals surface area contributed by atoms with E-state index in [0.717, 1.165) is 19.3 Å². The number of aryl methyl sites for hydroxylation is 1. The van der Waals surface area contributed by atoms with Gasteiger partial charge in [-0.05, 0) is 24.3 Å². The van der Waals surface area contributed by atoms with Gasteiger partial charge in [0.25, 0.3) is 0 Å². The predicted molar refractivity (Wildman–Crippen MR) is 60.2 cm³/mol. The number of hydrogen-bond donors (Lipinski definition) is 1. The van der Waals surface area contributed by atoms with Crippen LogP contribution in [0, 0.1) is 5.92 Å². The lowest BCUT2D eigenvalue weighted by Gasteiger charge is -2.16. The van der Waals surface area contributed by atoms with Gasteiger partial charge in [-0.15, -0.1) is 0 Å². The maximum Gasteiger partial charge on any atom is 0.0568 e. The van der Waals surface area contributed by atoms with Crippen LogP contribution < -0.4 is 0 Å². The molecule has 14 heavy (non-hydrogen) atoms. The van der Waals surface area contributed by atoms with Crippen molar-refractivity contribution in [1.82, 2.24) is 0 Å². The van der Waals surface area contributed by atoms with Crippen LogP contribution in [0.25, 0.3) is 0 Å². The van der Waals surface area contributed by atoms with Crippen molar-refractivity contribution in [1.29, 1.82) is 0 Å². The van der Waals surface area contributed by atoms with Crippen LogP contribution in [0.2, 0.25) is 0 Å². The lowest BCUT2D eigenvalue weighted by molar-refractivity contribution is 0.106. The minimum atomic E-state index is -0.153. The maximum atomic E-state index is 9.78. The van der Waals surface area contributed by atoms with Crippen molar-refractivity contribution in [3.05, 3.63) is 35.9 Å². The fraction of sp³-hybridized carbons (Fsp3) is 0.538. The zero-order chi connectivity index (χ0) is 10.4. The SMILES string of the molecule is CCC(C)C(O)CCc1ccccc1. The molecule has 1 aromatic rings. The molecule has 0 aromatic heterocycles. The molecule has 0 aliphatic carbocycles. The topological polar surface area (TPSA) is 20.2 Å². The van der Waals surface area contributed by atoms with E-state index in [0.29, 0.717) is 5.92 Å². The third-order valence-corrected chi connectivity index (χ3v) is 2.87. The normalized spacial score (nSPS) is 15.1. The molecule has 0 fully saturated rings. The van der Waals surface area contributed by atoms with E-state index in [1.807, 2.05) is 18.2 Å². The van der Waals surface area contributed by atoms with Crippen LogP contribution in [0.5, 0.6) is 0 Å². The Morgan fingerprint density at radius 3 is 2.43 bits per heavy atom. The largest absolute Gasteiger partial charge is 0.393 e. The van der Waals surface area contributed by atoms with Gasteiger partial charge in [0.15, 0.2) is 0 Å². The minimum absolute atomic E-state index is 0.153. The summed E-state index contributed by atoms with van der Waals surface area (Å²) in [6.07, 6.45) is 2.75. The van der Waals surface area contributed by atoms with Gasteiger partial charge in [-0.3, -0.25) is 0 Å². The van der Waals surface area contributed by atoms with Gasteiger partial charge in [0, 0.05) is 0 Å². The molecule has 1 nitrogen and oxygen atoms in total. The molecule has 1 rings (SSSR count). The molecule has 2 atom stereocenters. The maximum absolute atomic E-state index is 9.78. The average molecular weight is 192 g/mol. The third-order valence-electron chi connectivity index (χ3n) is 2.87. The summed E-state index contributed by atoms with van der Waals surface area (Å²) in [6, 6.07) is 10.3. The molecule has 1 heteroatoms. The van der Waals surface area contributed by atoms with Crippen molar-refractivity contribution >= 4 is 0 Å². The number of hydrogen-bond acceptors (Lipinski definition) is 1. The van der Waals surface area contributed by atoms with Crippen molar-refractivity contribution in [2.75, 3.05) is 0 Å². The molecule has 0 amide bonds. The van der Waals surface area contributed by atoms with Crippen LogP contribution in [0.3, 0.4) is 0 Å². The molecule has 0 saturated carbocycles. The minimum Gasteiger partial charge on any atom is -0.393 e. The number of aliphatic hydroxyl groups excluding tert-OH is 1. The van der Waals surface area contributed by atoms with E-state index in [1.54, 1.807) is 0 Å². The lowest BCUT2D eigenvalue weighted by Crippen LogP contribution is -2.17. The summed E-state index contributed by atoms with van der Waals surface area (Å²) in [5, 5.41) is 9.78. The Morgan fingerprint density at radius 1 is 1.21 bits per heavy atom. The molecule has 0 saturated heterocycles. The van der Waals surface area contributed by atoms with Gasteiger partial charge < -0.3 is 5.11 Å². The van der Waals surface area contributed by atoms with E-state index in [-0.39, 0.29) is 6.10 Å². The van der Waals surface area contributed by atoms with Crippen molar-refractivity contribution in [3.63, 3.8) is 0 Å². The van der Waals surface area contributed by atoms with Gasteiger partial charge in [0.05, 0.1) is 6.10 Å². The smallest absolute Gasteiger partial charge is 0.0568 e. The Labute approximate surface area is 86.8 Å². The molecule has 0 aliphatic rings. The highest BCUT2D eigenvalue weighted by molar-refractivity contribution is 5.14. The summed E-state index contributed by atoms with van der Waals surface area (Å²) in [5.41, 5.74) is 1.31. The first-order valence-electron chi connectivity index (χ1n) is 5.46. The number of benzene rings is 1. The quantitative estimate of drug-likeness (QED) is 0.760.